The standard InChI is InChI=1S/C10H13ClN2O3/c1-10(9(14)15,3-4-16-2)7-5-12-6-8(11)13-7/h5-6H,3-4H2,1-2H3,(H,14,15). The number of ether oxygens (including phenoxy) is 1. The molecule has 0 aliphatic carbocycles. The molecule has 88 valence electrons. The first-order valence-corrected chi connectivity index (χ1v) is 5.09. The van der Waals surface area contributed by atoms with Crippen molar-refractivity contribution in [2.24, 2.45) is 0 Å². The maximum atomic E-state index is 11.3. The average molecular weight is 245 g/mol. The van der Waals surface area contributed by atoms with Gasteiger partial charge < -0.3 is 9.84 Å². The van der Waals surface area contributed by atoms with E-state index in [9.17, 15) is 9.90 Å². The molecular weight excluding hydrogens is 232 g/mol. The highest BCUT2D eigenvalue weighted by Crippen LogP contribution is 2.26. The van der Waals surface area contributed by atoms with Gasteiger partial charge in [0.05, 0.1) is 11.9 Å². The molecule has 1 heterocycles. The predicted molar refractivity (Wildman–Crippen MR) is 58.5 cm³/mol. The van der Waals surface area contributed by atoms with Gasteiger partial charge in [-0.2, -0.15) is 0 Å². The maximum Gasteiger partial charge on any atom is 0.315 e. The van der Waals surface area contributed by atoms with E-state index < -0.39 is 11.4 Å². The summed E-state index contributed by atoms with van der Waals surface area (Å²) in [5.41, 5.74) is -0.793. The molecule has 0 saturated carbocycles. The molecule has 1 atom stereocenters. The molecular formula is C10H13ClN2O3. The molecule has 6 heteroatoms. The monoisotopic (exact) mass is 244 g/mol. The van der Waals surface area contributed by atoms with Crippen molar-refractivity contribution in [1.82, 2.24) is 9.97 Å². The molecule has 16 heavy (non-hydrogen) atoms. The van der Waals surface area contributed by atoms with Crippen LogP contribution in [0.5, 0.6) is 0 Å². The molecule has 0 aliphatic rings. The van der Waals surface area contributed by atoms with Gasteiger partial charge in [0.15, 0.2) is 0 Å². The molecule has 0 radical (unpaired) electrons. The molecule has 1 rings (SSSR count). The van der Waals surface area contributed by atoms with Crippen LogP contribution in [0.2, 0.25) is 5.15 Å². The molecule has 1 N–H and O–H groups in total. The minimum Gasteiger partial charge on any atom is -0.481 e. The minimum absolute atomic E-state index is 0.183. The topological polar surface area (TPSA) is 72.3 Å². The van der Waals surface area contributed by atoms with E-state index in [1.165, 1.54) is 19.5 Å². The minimum atomic E-state index is -1.13. The quantitative estimate of drug-likeness (QED) is 0.850. The number of rotatable bonds is 5. The normalized spacial score (nSPS) is 14.4. The summed E-state index contributed by atoms with van der Waals surface area (Å²) in [4.78, 5) is 19.1. The molecule has 1 aromatic heterocycles. The van der Waals surface area contributed by atoms with Crippen molar-refractivity contribution in [3.63, 3.8) is 0 Å². The fourth-order valence-corrected chi connectivity index (χ4v) is 1.41. The Morgan fingerprint density at radius 3 is 2.81 bits per heavy atom. The number of aliphatic carboxylic acids is 1. The van der Waals surface area contributed by atoms with Gasteiger partial charge in [0.2, 0.25) is 0 Å². The fraction of sp³-hybridized carbons (Fsp3) is 0.500. The number of carbonyl (C=O) groups is 1. The summed E-state index contributed by atoms with van der Waals surface area (Å²) in [6, 6.07) is 0. The van der Waals surface area contributed by atoms with Crippen molar-refractivity contribution < 1.29 is 14.6 Å². The number of aromatic nitrogens is 2. The number of carboxylic acids is 1. The largest absolute Gasteiger partial charge is 0.481 e. The molecule has 0 fully saturated rings. The van der Waals surface area contributed by atoms with Crippen LogP contribution in [0.3, 0.4) is 0 Å². The maximum absolute atomic E-state index is 11.3. The lowest BCUT2D eigenvalue weighted by Gasteiger charge is -2.23. The van der Waals surface area contributed by atoms with E-state index in [-0.39, 0.29) is 5.15 Å². The lowest BCUT2D eigenvalue weighted by atomic mass is 9.84. The zero-order chi connectivity index (χ0) is 12.2. The van der Waals surface area contributed by atoms with Crippen molar-refractivity contribution in [2.45, 2.75) is 18.8 Å². The number of nitrogens with zero attached hydrogens (tertiary/aromatic N) is 2. The van der Waals surface area contributed by atoms with Crippen LogP contribution in [-0.2, 0) is 14.9 Å². The van der Waals surface area contributed by atoms with Gasteiger partial charge in [-0.15, -0.1) is 0 Å². The molecule has 1 aromatic rings. The molecule has 5 nitrogen and oxygen atoms in total. The van der Waals surface area contributed by atoms with Crippen LogP contribution in [0.15, 0.2) is 12.4 Å². The van der Waals surface area contributed by atoms with Crippen molar-refractivity contribution in [2.75, 3.05) is 13.7 Å². The third-order valence-electron chi connectivity index (χ3n) is 2.45. The molecule has 0 aromatic carbocycles. The number of methoxy groups -OCH3 is 1. The van der Waals surface area contributed by atoms with Crippen molar-refractivity contribution in [3.05, 3.63) is 23.2 Å². The van der Waals surface area contributed by atoms with Crippen LogP contribution < -0.4 is 0 Å². The highest BCUT2D eigenvalue weighted by molar-refractivity contribution is 6.29. The molecule has 0 spiro atoms. The average Bonchev–Trinajstić information content (AvgIpc) is 2.25. The van der Waals surface area contributed by atoms with Crippen LogP contribution in [0, 0.1) is 0 Å². The van der Waals surface area contributed by atoms with Gasteiger partial charge in [0.1, 0.15) is 10.6 Å². The first kappa shape index (κ1) is 12.9. The van der Waals surface area contributed by atoms with E-state index in [2.05, 4.69) is 9.97 Å². The molecule has 0 amide bonds. The third-order valence-corrected chi connectivity index (χ3v) is 2.63. The smallest absolute Gasteiger partial charge is 0.315 e. The zero-order valence-corrected chi connectivity index (χ0v) is 9.86. The third kappa shape index (κ3) is 2.68. The lowest BCUT2D eigenvalue weighted by Crippen LogP contribution is -2.34. The van der Waals surface area contributed by atoms with E-state index in [0.29, 0.717) is 18.7 Å². The first-order valence-electron chi connectivity index (χ1n) is 4.71. The Kier molecular flexibility index (Phi) is 4.20. The molecule has 1 unspecified atom stereocenters. The van der Waals surface area contributed by atoms with E-state index in [1.54, 1.807) is 6.92 Å². The molecule has 0 bridgehead atoms. The number of hydrogen-bond donors (Lipinski definition) is 1. The van der Waals surface area contributed by atoms with Gasteiger partial charge in [-0.05, 0) is 13.3 Å². The summed E-state index contributed by atoms with van der Waals surface area (Å²) >= 11 is 5.69. The van der Waals surface area contributed by atoms with Crippen LogP contribution >= 0.6 is 11.6 Å². The highest BCUT2D eigenvalue weighted by atomic mass is 35.5. The predicted octanol–water partition coefficient (Wildman–Crippen LogP) is 1.51. The van der Waals surface area contributed by atoms with Gasteiger partial charge in [-0.1, -0.05) is 11.6 Å². The second-order valence-electron chi connectivity index (χ2n) is 3.61. The summed E-state index contributed by atoms with van der Waals surface area (Å²) in [6.07, 6.45) is 3.09. The van der Waals surface area contributed by atoms with Crippen molar-refractivity contribution >= 4 is 17.6 Å². The Hall–Kier alpha value is -1.20. The van der Waals surface area contributed by atoms with E-state index in [0.717, 1.165) is 0 Å². The van der Waals surface area contributed by atoms with E-state index in [1.807, 2.05) is 0 Å². The van der Waals surface area contributed by atoms with Crippen LogP contribution in [0.4, 0.5) is 0 Å². The van der Waals surface area contributed by atoms with E-state index in [4.69, 9.17) is 16.3 Å². The van der Waals surface area contributed by atoms with Gasteiger partial charge >= 0.3 is 5.97 Å². The summed E-state index contributed by atoms with van der Waals surface area (Å²) in [6.45, 7) is 1.91. The highest BCUT2D eigenvalue weighted by Gasteiger charge is 2.36. The van der Waals surface area contributed by atoms with Gasteiger partial charge in [0, 0.05) is 19.9 Å². The Balaban J connectivity index is 3.06. The second-order valence-corrected chi connectivity index (χ2v) is 3.99. The summed E-state index contributed by atoms with van der Waals surface area (Å²) in [5.74, 6) is -0.971. The Morgan fingerprint density at radius 1 is 1.62 bits per heavy atom. The van der Waals surface area contributed by atoms with Crippen LogP contribution in [0.1, 0.15) is 19.0 Å². The van der Waals surface area contributed by atoms with Crippen molar-refractivity contribution in [3.8, 4) is 0 Å². The summed E-state index contributed by atoms with van der Waals surface area (Å²) < 4.78 is 4.89. The lowest BCUT2D eigenvalue weighted by molar-refractivity contribution is -0.144. The van der Waals surface area contributed by atoms with Crippen molar-refractivity contribution in [1.29, 1.82) is 0 Å². The van der Waals surface area contributed by atoms with Crippen LogP contribution in [0.25, 0.3) is 0 Å². The number of hydrogen-bond acceptors (Lipinski definition) is 4. The Morgan fingerprint density at radius 2 is 2.31 bits per heavy atom. The molecule has 0 aliphatic heterocycles. The van der Waals surface area contributed by atoms with Gasteiger partial charge in [-0.25, -0.2) is 4.98 Å². The zero-order valence-electron chi connectivity index (χ0n) is 9.11. The number of halogens is 1. The SMILES string of the molecule is COCCC(C)(C(=O)O)c1cncc(Cl)n1. The second kappa shape index (κ2) is 5.23. The molecule has 0 saturated heterocycles. The van der Waals surface area contributed by atoms with Crippen LogP contribution in [-0.4, -0.2) is 34.8 Å². The summed E-state index contributed by atoms with van der Waals surface area (Å²) in [7, 11) is 1.52. The first-order chi connectivity index (χ1) is 7.50. The number of carboxylic acid groups (broad SMARTS) is 1. The Bertz CT molecular complexity index is 386. The van der Waals surface area contributed by atoms with Gasteiger partial charge in [0.25, 0.3) is 0 Å². The fourth-order valence-electron chi connectivity index (χ4n) is 1.26. The van der Waals surface area contributed by atoms with E-state index >= 15 is 0 Å². The van der Waals surface area contributed by atoms with Gasteiger partial charge in [-0.3, -0.25) is 9.78 Å². The Labute approximate surface area is 98.4 Å². The summed E-state index contributed by atoms with van der Waals surface area (Å²) in [5, 5.41) is 9.42.